The molecule has 40 heavy (non-hydrogen) atoms. The van der Waals surface area contributed by atoms with Crippen LogP contribution in [0.15, 0.2) is 27.9 Å². The first-order chi connectivity index (χ1) is 19.0. The van der Waals surface area contributed by atoms with Gasteiger partial charge in [-0.25, -0.2) is 30.5 Å². The predicted octanol–water partition coefficient (Wildman–Crippen LogP) is -1.11. The number of nitrogens with one attached hydrogen (secondary N) is 1. The molecule has 4 heterocycles. The lowest BCUT2D eigenvalue weighted by Crippen LogP contribution is -2.48. The number of sulfonamides is 1. The standard InChI is InChI=1S/C23H28FN5O9S2/c24-16-2-1-15(17(13-16)40(35,36)28-7-5-27(6-8-28)39(33)34)14-25-20(31)18-19(30)21(32)29-9-12-38-23(22(29)26-18)3-10-37-11-4-23/h1-2,13,30,39H,3-12,14H2,(H,25,31). The number of piperazine rings is 1. The summed E-state index contributed by atoms with van der Waals surface area (Å²) < 4.78 is 78.1. The first kappa shape index (κ1) is 28.6. The Labute approximate surface area is 230 Å². The van der Waals surface area contributed by atoms with Crippen LogP contribution in [0.1, 0.15) is 34.7 Å². The topological polar surface area (TPSA) is 177 Å². The van der Waals surface area contributed by atoms with E-state index < -0.39 is 66.7 Å². The average Bonchev–Trinajstić information content (AvgIpc) is 2.95. The smallest absolute Gasteiger partial charge is 0.296 e. The highest BCUT2D eigenvalue weighted by Crippen LogP contribution is 2.37. The van der Waals surface area contributed by atoms with Gasteiger partial charge in [0.25, 0.3) is 11.5 Å². The second-order valence-corrected chi connectivity index (χ2v) is 12.5. The van der Waals surface area contributed by atoms with Gasteiger partial charge in [0.15, 0.2) is 5.69 Å². The van der Waals surface area contributed by atoms with E-state index in [2.05, 4.69) is 10.3 Å². The summed E-state index contributed by atoms with van der Waals surface area (Å²) in [5.74, 6) is -2.41. The molecule has 2 fully saturated rings. The van der Waals surface area contributed by atoms with E-state index in [0.717, 1.165) is 20.7 Å². The van der Waals surface area contributed by atoms with E-state index in [0.29, 0.717) is 26.1 Å². The van der Waals surface area contributed by atoms with Crippen LogP contribution in [0, 0.1) is 5.82 Å². The maximum atomic E-state index is 14.1. The van der Waals surface area contributed by atoms with Crippen LogP contribution in [0.4, 0.5) is 4.39 Å². The van der Waals surface area contributed by atoms with Crippen molar-refractivity contribution in [3.05, 3.63) is 51.5 Å². The molecule has 1 aromatic carbocycles. The first-order valence-electron chi connectivity index (χ1n) is 12.6. The Hall–Kier alpha value is -2.96. The van der Waals surface area contributed by atoms with E-state index >= 15 is 0 Å². The van der Waals surface area contributed by atoms with Gasteiger partial charge in [-0.1, -0.05) is 6.07 Å². The van der Waals surface area contributed by atoms with E-state index in [1.807, 2.05) is 0 Å². The monoisotopic (exact) mass is 601 g/mol. The third-order valence-electron chi connectivity index (χ3n) is 7.29. The summed E-state index contributed by atoms with van der Waals surface area (Å²) >= 11 is 0. The molecule has 218 valence electrons. The number of hydrogen-bond acceptors (Lipinski definition) is 10. The van der Waals surface area contributed by atoms with Gasteiger partial charge < -0.3 is 19.9 Å². The number of ether oxygens (including phenoxy) is 2. The number of nitrogens with zero attached hydrogens (tertiary/aromatic N) is 4. The Kier molecular flexibility index (Phi) is 7.95. The second-order valence-electron chi connectivity index (χ2n) is 9.57. The van der Waals surface area contributed by atoms with Crippen LogP contribution in [0.25, 0.3) is 0 Å². The molecule has 0 saturated carbocycles. The Morgan fingerprint density at radius 1 is 1.12 bits per heavy atom. The van der Waals surface area contributed by atoms with Crippen LogP contribution in [0.3, 0.4) is 0 Å². The molecule has 1 spiro atoms. The number of carbonyl (C=O) groups is 1. The fourth-order valence-electron chi connectivity index (χ4n) is 5.12. The third-order valence-corrected chi connectivity index (χ3v) is 10.1. The van der Waals surface area contributed by atoms with Gasteiger partial charge in [-0.05, 0) is 17.7 Å². The Morgan fingerprint density at radius 3 is 2.50 bits per heavy atom. The summed E-state index contributed by atoms with van der Waals surface area (Å²) in [4.78, 5) is 30.0. The number of rotatable bonds is 6. The molecule has 1 aromatic heterocycles. The highest BCUT2D eigenvalue weighted by molar-refractivity contribution is 7.89. The molecular weight excluding hydrogens is 573 g/mol. The van der Waals surface area contributed by atoms with Crippen molar-refractivity contribution in [3.8, 4) is 5.75 Å². The van der Waals surface area contributed by atoms with Gasteiger partial charge in [-0.15, -0.1) is 0 Å². The molecule has 17 heteroatoms. The van der Waals surface area contributed by atoms with Crippen molar-refractivity contribution >= 4 is 26.8 Å². The van der Waals surface area contributed by atoms with E-state index in [4.69, 9.17) is 9.47 Å². The van der Waals surface area contributed by atoms with Crippen LogP contribution in [0.5, 0.6) is 5.75 Å². The molecule has 0 atom stereocenters. The largest absolute Gasteiger partial charge is 0.501 e. The molecule has 14 nitrogen and oxygen atoms in total. The lowest BCUT2D eigenvalue weighted by atomic mass is 9.91. The Balaban J connectivity index is 1.40. The number of thiol groups is 1. The van der Waals surface area contributed by atoms with Crippen molar-refractivity contribution in [2.45, 2.75) is 36.4 Å². The van der Waals surface area contributed by atoms with Gasteiger partial charge in [-0.3, -0.25) is 14.2 Å². The summed E-state index contributed by atoms with van der Waals surface area (Å²) in [6, 6.07) is 3.06. The van der Waals surface area contributed by atoms with Gasteiger partial charge in [0.05, 0.1) is 18.0 Å². The van der Waals surface area contributed by atoms with Crippen LogP contribution in [-0.4, -0.2) is 92.0 Å². The molecule has 0 unspecified atom stereocenters. The zero-order valence-electron chi connectivity index (χ0n) is 21.2. The first-order valence-corrected chi connectivity index (χ1v) is 15.1. The van der Waals surface area contributed by atoms with Gasteiger partial charge >= 0.3 is 0 Å². The van der Waals surface area contributed by atoms with Gasteiger partial charge in [0, 0.05) is 58.8 Å². The van der Waals surface area contributed by atoms with E-state index in [9.17, 15) is 35.9 Å². The van der Waals surface area contributed by atoms with Crippen molar-refractivity contribution in [1.29, 1.82) is 0 Å². The van der Waals surface area contributed by atoms with Crippen LogP contribution >= 0.6 is 0 Å². The van der Waals surface area contributed by atoms with E-state index in [1.165, 1.54) is 10.6 Å². The van der Waals surface area contributed by atoms with Crippen LogP contribution in [-0.2, 0) is 49.1 Å². The summed E-state index contributed by atoms with van der Waals surface area (Å²) in [7, 11) is -7.10. The maximum absolute atomic E-state index is 14.1. The van der Waals surface area contributed by atoms with E-state index in [1.54, 1.807) is 0 Å². The molecule has 3 aliphatic rings. The van der Waals surface area contributed by atoms with E-state index in [-0.39, 0.29) is 50.7 Å². The van der Waals surface area contributed by atoms with Crippen LogP contribution < -0.4 is 10.9 Å². The number of amides is 1. The third kappa shape index (κ3) is 5.24. The zero-order valence-corrected chi connectivity index (χ0v) is 23.0. The van der Waals surface area contributed by atoms with Crippen molar-refractivity contribution in [3.63, 3.8) is 0 Å². The minimum absolute atomic E-state index is 0.0462. The number of hydrogen-bond donors (Lipinski definition) is 3. The second kappa shape index (κ2) is 11.1. The molecule has 0 radical (unpaired) electrons. The zero-order chi connectivity index (χ0) is 28.7. The highest BCUT2D eigenvalue weighted by atomic mass is 32.2. The molecular formula is C23H28FN5O9S2. The SMILES string of the molecule is O=C(NCc1ccc(F)cc1S(=O)(=O)N1CCN([SH](=O)=O)CC1)c1nc2n(c(=O)c1O)CCOC21CCOCC1. The van der Waals surface area contributed by atoms with Crippen LogP contribution in [0.2, 0.25) is 0 Å². The number of aromatic nitrogens is 2. The Morgan fingerprint density at radius 2 is 1.82 bits per heavy atom. The number of aromatic hydroxyl groups is 1. The van der Waals surface area contributed by atoms with Gasteiger partial charge in [0.1, 0.15) is 17.2 Å². The van der Waals surface area contributed by atoms with Crippen molar-refractivity contribution in [1.82, 2.24) is 23.5 Å². The quantitative estimate of drug-likeness (QED) is 0.344. The molecule has 2 N–H and O–H groups in total. The summed E-state index contributed by atoms with van der Waals surface area (Å²) in [6.45, 7) is 0.371. The number of fused-ring (bicyclic) bond motifs is 2. The molecule has 5 rings (SSSR count). The maximum Gasteiger partial charge on any atom is 0.296 e. The molecule has 0 aliphatic carbocycles. The fraction of sp³-hybridized carbons (Fsp3) is 0.522. The molecule has 0 bridgehead atoms. The number of benzene rings is 1. The molecule has 2 saturated heterocycles. The normalized spacial score (nSPS) is 19.9. The van der Waals surface area contributed by atoms with Crippen molar-refractivity contribution < 1.29 is 40.6 Å². The summed E-state index contributed by atoms with van der Waals surface area (Å²) in [6.07, 6.45) is 0.809. The van der Waals surface area contributed by atoms with Gasteiger partial charge in [0.2, 0.25) is 26.7 Å². The highest BCUT2D eigenvalue weighted by Gasteiger charge is 2.43. The van der Waals surface area contributed by atoms with Crippen molar-refractivity contribution in [2.75, 3.05) is 46.0 Å². The average molecular weight is 602 g/mol. The molecule has 3 aliphatic heterocycles. The molecule has 1 amide bonds. The Bertz CT molecular complexity index is 1560. The summed E-state index contributed by atoms with van der Waals surface area (Å²) in [5.41, 5.74) is -2.24. The lowest BCUT2D eigenvalue weighted by Gasteiger charge is -2.40. The fourth-order valence-corrected chi connectivity index (χ4v) is 7.28. The number of carbonyl (C=O) groups excluding carboxylic acids is 1. The number of halogens is 1. The predicted molar refractivity (Wildman–Crippen MR) is 136 cm³/mol. The minimum Gasteiger partial charge on any atom is -0.501 e. The molecule has 2 aromatic rings. The van der Waals surface area contributed by atoms with Crippen molar-refractivity contribution in [2.24, 2.45) is 0 Å². The summed E-state index contributed by atoms with van der Waals surface area (Å²) in [5, 5.41) is 13.0. The minimum atomic E-state index is -4.25. The lowest BCUT2D eigenvalue weighted by molar-refractivity contribution is -0.139. The van der Waals surface area contributed by atoms with Gasteiger partial charge in [-0.2, -0.15) is 4.31 Å².